The van der Waals surface area contributed by atoms with Crippen molar-refractivity contribution in [3.63, 3.8) is 0 Å². The first-order valence-corrected chi connectivity index (χ1v) is 8.54. The van der Waals surface area contributed by atoms with Crippen molar-refractivity contribution in [2.45, 2.75) is 52.7 Å². The van der Waals surface area contributed by atoms with Crippen LogP contribution in [0.1, 0.15) is 50.2 Å². The fourth-order valence-corrected chi connectivity index (χ4v) is 3.92. The van der Waals surface area contributed by atoms with Crippen LogP contribution in [0.15, 0.2) is 0 Å². The van der Waals surface area contributed by atoms with E-state index in [2.05, 4.69) is 37.9 Å². The van der Waals surface area contributed by atoms with Crippen LogP contribution in [0.2, 0.25) is 0 Å². The molecule has 1 aromatic heterocycles. The minimum atomic E-state index is 0.396. The Hall–Kier alpha value is -0.650. The smallest absolute Gasteiger partial charge is 0.185 e. The van der Waals surface area contributed by atoms with E-state index in [1.807, 2.05) is 11.3 Å². The lowest BCUT2D eigenvalue weighted by atomic mass is 10.1. The standard InChI is InChI=1S/C15H27N3OS/c1-5-16-11(3)14-12(4)17-15(20-14)18-9-7-13(8-10-18)19-6-2/h11,13,16H,5-10H2,1-4H3. The number of ether oxygens (including phenoxy) is 1. The second kappa shape index (κ2) is 7.38. The molecule has 0 amide bonds. The number of aryl methyl sites for hydroxylation is 1. The molecule has 0 radical (unpaired) electrons. The summed E-state index contributed by atoms with van der Waals surface area (Å²) in [5.74, 6) is 0. The number of thiazole rings is 1. The Morgan fingerprint density at radius 2 is 2.10 bits per heavy atom. The van der Waals surface area contributed by atoms with Crippen LogP contribution in [-0.2, 0) is 4.74 Å². The Kier molecular flexibility index (Phi) is 5.81. The van der Waals surface area contributed by atoms with Crippen molar-refractivity contribution in [2.75, 3.05) is 31.1 Å². The molecule has 1 aromatic rings. The molecule has 1 N–H and O–H groups in total. The maximum Gasteiger partial charge on any atom is 0.185 e. The van der Waals surface area contributed by atoms with Crippen molar-refractivity contribution in [2.24, 2.45) is 0 Å². The van der Waals surface area contributed by atoms with Crippen molar-refractivity contribution in [1.82, 2.24) is 10.3 Å². The molecule has 1 saturated heterocycles. The first-order valence-electron chi connectivity index (χ1n) is 7.72. The zero-order valence-corrected chi connectivity index (χ0v) is 13.9. The molecule has 2 heterocycles. The molecule has 0 aromatic carbocycles. The number of nitrogens with zero attached hydrogens (tertiary/aromatic N) is 2. The van der Waals surface area contributed by atoms with Gasteiger partial charge in [-0.2, -0.15) is 0 Å². The van der Waals surface area contributed by atoms with E-state index in [-0.39, 0.29) is 0 Å². The van der Waals surface area contributed by atoms with Gasteiger partial charge < -0.3 is 15.0 Å². The van der Waals surface area contributed by atoms with Crippen LogP contribution in [0, 0.1) is 6.92 Å². The molecule has 0 bridgehead atoms. The number of aromatic nitrogens is 1. The van der Waals surface area contributed by atoms with E-state index in [0.29, 0.717) is 12.1 Å². The van der Waals surface area contributed by atoms with E-state index in [4.69, 9.17) is 9.72 Å². The van der Waals surface area contributed by atoms with E-state index in [1.54, 1.807) is 0 Å². The molecule has 1 atom stereocenters. The number of hydrogen-bond acceptors (Lipinski definition) is 5. The molecule has 1 aliphatic heterocycles. The average molecular weight is 297 g/mol. The van der Waals surface area contributed by atoms with Gasteiger partial charge in [0, 0.05) is 30.6 Å². The molecular formula is C15H27N3OS. The van der Waals surface area contributed by atoms with Crippen LogP contribution < -0.4 is 10.2 Å². The second-order valence-corrected chi connectivity index (χ2v) is 6.38. The van der Waals surface area contributed by atoms with Crippen LogP contribution in [0.3, 0.4) is 0 Å². The SMILES string of the molecule is CCNC(C)c1sc(N2CCC(OCC)CC2)nc1C. The van der Waals surface area contributed by atoms with Crippen molar-refractivity contribution >= 4 is 16.5 Å². The zero-order valence-electron chi connectivity index (χ0n) is 13.1. The van der Waals surface area contributed by atoms with Crippen molar-refractivity contribution < 1.29 is 4.74 Å². The average Bonchev–Trinajstić information content (AvgIpc) is 2.82. The Morgan fingerprint density at radius 3 is 2.70 bits per heavy atom. The van der Waals surface area contributed by atoms with Crippen molar-refractivity contribution in [1.29, 1.82) is 0 Å². The van der Waals surface area contributed by atoms with Gasteiger partial charge in [-0.15, -0.1) is 11.3 Å². The van der Waals surface area contributed by atoms with E-state index in [9.17, 15) is 0 Å². The van der Waals surface area contributed by atoms with E-state index < -0.39 is 0 Å². The van der Waals surface area contributed by atoms with Crippen molar-refractivity contribution in [3.05, 3.63) is 10.6 Å². The van der Waals surface area contributed by atoms with E-state index >= 15 is 0 Å². The van der Waals surface area contributed by atoms with Gasteiger partial charge in [-0.1, -0.05) is 6.92 Å². The molecule has 4 nitrogen and oxygen atoms in total. The molecule has 1 fully saturated rings. The first-order chi connectivity index (χ1) is 9.65. The van der Waals surface area contributed by atoms with Crippen LogP contribution >= 0.6 is 11.3 Å². The molecule has 0 saturated carbocycles. The summed E-state index contributed by atoms with van der Waals surface area (Å²) in [5.41, 5.74) is 1.17. The van der Waals surface area contributed by atoms with Gasteiger partial charge in [0.05, 0.1) is 11.8 Å². The predicted octanol–water partition coefficient (Wildman–Crippen LogP) is 3.13. The lowest BCUT2D eigenvalue weighted by Gasteiger charge is -2.31. The molecule has 5 heteroatoms. The highest BCUT2D eigenvalue weighted by Gasteiger charge is 2.23. The highest BCUT2D eigenvalue weighted by Crippen LogP contribution is 2.32. The summed E-state index contributed by atoms with van der Waals surface area (Å²) in [7, 11) is 0. The quantitative estimate of drug-likeness (QED) is 0.875. The fraction of sp³-hybridized carbons (Fsp3) is 0.800. The summed E-state index contributed by atoms with van der Waals surface area (Å²) in [6, 6.07) is 0.396. The van der Waals surface area contributed by atoms with E-state index in [1.165, 1.54) is 15.7 Å². The molecular weight excluding hydrogens is 270 g/mol. The maximum absolute atomic E-state index is 5.71. The summed E-state index contributed by atoms with van der Waals surface area (Å²) in [6.07, 6.45) is 2.67. The first kappa shape index (κ1) is 15.7. The Morgan fingerprint density at radius 1 is 1.40 bits per heavy atom. The third-order valence-electron chi connectivity index (χ3n) is 3.84. The maximum atomic E-state index is 5.71. The van der Waals surface area contributed by atoms with Gasteiger partial charge in [0.25, 0.3) is 0 Å². The molecule has 2 rings (SSSR count). The number of rotatable bonds is 6. The van der Waals surface area contributed by atoms with Crippen LogP contribution in [0.5, 0.6) is 0 Å². The van der Waals surface area contributed by atoms with Crippen molar-refractivity contribution in [3.8, 4) is 0 Å². The number of piperidine rings is 1. The van der Waals surface area contributed by atoms with Gasteiger partial charge in [-0.25, -0.2) is 4.98 Å². The second-order valence-electron chi connectivity index (χ2n) is 5.37. The summed E-state index contributed by atoms with van der Waals surface area (Å²) >= 11 is 1.84. The molecule has 1 aliphatic rings. The normalized spacial score (nSPS) is 18.5. The lowest BCUT2D eigenvalue weighted by Crippen LogP contribution is -2.37. The Bertz CT molecular complexity index is 413. The highest BCUT2D eigenvalue weighted by atomic mass is 32.1. The van der Waals surface area contributed by atoms with Gasteiger partial charge >= 0.3 is 0 Å². The van der Waals surface area contributed by atoms with Gasteiger partial charge in [0.15, 0.2) is 5.13 Å². The largest absolute Gasteiger partial charge is 0.378 e. The Balaban J connectivity index is 1.98. The number of nitrogens with one attached hydrogen (secondary N) is 1. The zero-order chi connectivity index (χ0) is 14.5. The van der Waals surface area contributed by atoms with Gasteiger partial charge in [0.2, 0.25) is 0 Å². The number of anilines is 1. The summed E-state index contributed by atoms with van der Waals surface area (Å²) in [4.78, 5) is 8.55. The third kappa shape index (κ3) is 3.71. The topological polar surface area (TPSA) is 37.4 Å². The van der Waals surface area contributed by atoms with Crippen LogP contribution in [-0.4, -0.2) is 37.3 Å². The van der Waals surface area contributed by atoms with Gasteiger partial charge in [0.1, 0.15) is 0 Å². The summed E-state index contributed by atoms with van der Waals surface area (Å²) in [6.45, 7) is 12.5. The van der Waals surface area contributed by atoms with Gasteiger partial charge in [-0.3, -0.25) is 0 Å². The molecule has 114 valence electrons. The predicted molar refractivity (Wildman–Crippen MR) is 85.8 cm³/mol. The minimum absolute atomic E-state index is 0.396. The van der Waals surface area contributed by atoms with Crippen LogP contribution in [0.25, 0.3) is 0 Å². The number of hydrogen-bond donors (Lipinski definition) is 1. The molecule has 0 spiro atoms. The van der Waals surface area contributed by atoms with E-state index in [0.717, 1.165) is 39.1 Å². The summed E-state index contributed by atoms with van der Waals surface area (Å²) in [5, 5.41) is 4.65. The van der Waals surface area contributed by atoms with Gasteiger partial charge in [-0.05, 0) is 40.2 Å². The third-order valence-corrected chi connectivity index (χ3v) is 5.24. The van der Waals surface area contributed by atoms with Crippen LogP contribution in [0.4, 0.5) is 5.13 Å². The highest BCUT2D eigenvalue weighted by molar-refractivity contribution is 7.15. The summed E-state index contributed by atoms with van der Waals surface area (Å²) < 4.78 is 5.71. The fourth-order valence-electron chi connectivity index (χ4n) is 2.78. The molecule has 20 heavy (non-hydrogen) atoms. The lowest BCUT2D eigenvalue weighted by molar-refractivity contribution is 0.0459. The molecule has 1 unspecified atom stereocenters. The molecule has 0 aliphatic carbocycles. The Labute approximate surface area is 126 Å². The monoisotopic (exact) mass is 297 g/mol. The minimum Gasteiger partial charge on any atom is -0.378 e.